The quantitative estimate of drug-likeness (QED) is 0.675. The van der Waals surface area contributed by atoms with E-state index in [9.17, 15) is 4.39 Å². The molecule has 5 heteroatoms. The molecule has 1 aromatic carbocycles. The van der Waals surface area contributed by atoms with E-state index in [4.69, 9.17) is 5.84 Å². The van der Waals surface area contributed by atoms with Gasteiger partial charge < -0.3 is 0 Å². The van der Waals surface area contributed by atoms with Gasteiger partial charge in [0.25, 0.3) is 0 Å². The lowest BCUT2D eigenvalue weighted by Crippen LogP contribution is -2.29. The van der Waals surface area contributed by atoms with Crippen molar-refractivity contribution in [3.8, 4) is 0 Å². The lowest BCUT2D eigenvalue weighted by Gasteiger charge is -2.17. The molecule has 0 aliphatic rings. The fourth-order valence-electron chi connectivity index (χ4n) is 1.55. The molecule has 0 amide bonds. The van der Waals surface area contributed by atoms with Crippen molar-refractivity contribution in [1.82, 2.24) is 5.43 Å². The van der Waals surface area contributed by atoms with Gasteiger partial charge in [-0.15, -0.1) is 11.3 Å². The Balaban J connectivity index is 2.49. The number of nitrogens with one attached hydrogen (secondary N) is 1. The van der Waals surface area contributed by atoms with Crippen molar-refractivity contribution in [1.29, 1.82) is 0 Å². The van der Waals surface area contributed by atoms with Gasteiger partial charge in [0.2, 0.25) is 0 Å². The lowest BCUT2D eigenvalue weighted by atomic mass is 10.1. The second-order valence-electron chi connectivity index (χ2n) is 3.25. The minimum atomic E-state index is -0.324. The standard InChI is InChI=1S/C11H10BrFN2S/c12-7-3-1-4-8(13)10(7)11(15-14)9-5-2-6-16-9/h1-6,11,15H,14H2. The van der Waals surface area contributed by atoms with Gasteiger partial charge in [0.05, 0.1) is 6.04 Å². The molecule has 0 saturated heterocycles. The van der Waals surface area contributed by atoms with Crippen LogP contribution in [0.25, 0.3) is 0 Å². The average Bonchev–Trinajstić information content (AvgIpc) is 2.77. The summed E-state index contributed by atoms with van der Waals surface area (Å²) in [5, 5.41) is 1.94. The third-order valence-electron chi connectivity index (χ3n) is 2.28. The van der Waals surface area contributed by atoms with E-state index in [1.54, 1.807) is 12.1 Å². The molecule has 1 unspecified atom stereocenters. The number of nitrogens with two attached hydrogens (primary N) is 1. The van der Waals surface area contributed by atoms with Gasteiger partial charge in [-0.2, -0.15) is 0 Å². The minimum absolute atomic E-state index is 0.272. The number of benzene rings is 1. The second-order valence-corrected chi connectivity index (χ2v) is 5.08. The number of rotatable bonds is 3. The van der Waals surface area contributed by atoms with Crippen LogP contribution in [-0.2, 0) is 0 Å². The molecule has 0 radical (unpaired) electrons. The van der Waals surface area contributed by atoms with Gasteiger partial charge in [0.15, 0.2) is 0 Å². The van der Waals surface area contributed by atoms with Crippen LogP contribution in [-0.4, -0.2) is 0 Å². The molecule has 3 N–H and O–H groups in total. The highest BCUT2D eigenvalue weighted by atomic mass is 79.9. The van der Waals surface area contributed by atoms with E-state index in [-0.39, 0.29) is 11.9 Å². The Morgan fingerprint density at radius 3 is 2.69 bits per heavy atom. The van der Waals surface area contributed by atoms with Crippen molar-refractivity contribution in [2.45, 2.75) is 6.04 Å². The van der Waals surface area contributed by atoms with E-state index >= 15 is 0 Å². The van der Waals surface area contributed by atoms with Crippen molar-refractivity contribution in [2.75, 3.05) is 0 Å². The van der Waals surface area contributed by atoms with E-state index in [1.807, 2.05) is 17.5 Å². The SMILES string of the molecule is NNC(c1cccs1)c1c(F)cccc1Br. The zero-order valence-electron chi connectivity index (χ0n) is 8.28. The van der Waals surface area contributed by atoms with Gasteiger partial charge >= 0.3 is 0 Å². The maximum atomic E-state index is 13.8. The van der Waals surface area contributed by atoms with E-state index in [0.29, 0.717) is 10.0 Å². The predicted octanol–water partition coefficient (Wildman–Crippen LogP) is 3.20. The minimum Gasteiger partial charge on any atom is -0.271 e. The highest BCUT2D eigenvalue weighted by Gasteiger charge is 2.19. The van der Waals surface area contributed by atoms with Gasteiger partial charge in [-0.05, 0) is 23.6 Å². The number of halogens is 2. The molecule has 1 atom stereocenters. The summed E-state index contributed by atoms with van der Waals surface area (Å²) in [6, 6.07) is 8.41. The van der Waals surface area contributed by atoms with Crippen LogP contribution in [0.5, 0.6) is 0 Å². The molecule has 0 aliphatic carbocycles. The summed E-state index contributed by atoms with van der Waals surface area (Å²) in [6.45, 7) is 0. The first-order chi connectivity index (χ1) is 7.74. The highest BCUT2D eigenvalue weighted by molar-refractivity contribution is 9.10. The molecule has 0 saturated carbocycles. The lowest BCUT2D eigenvalue weighted by molar-refractivity contribution is 0.562. The Morgan fingerprint density at radius 2 is 2.12 bits per heavy atom. The van der Waals surface area contributed by atoms with Crippen LogP contribution in [0.4, 0.5) is 4.39 Å². The summed E-state index contributed by atoms with van der Waals surface area (Å²) >= 11 is 4.88. The molecule has 0 aliphatic heterocycles. The van der Waals surface area contributed by atoms with Gasteiger partial charge in [-0.3, -0.25) is 5.84 Å². The van der Waals surface area contributed by atoms with Gasteiger partial charge in [0.1, 0.15) is 5.82 Å². The van der Waals surface area contributed by atoms with Crippen LogP contribution in [0, 0.1) is 5.82 Å². The van der Waals surface area contributed by atoms with Crippen molar-refractivity contribution >= 4 is 27.3 Å². The summed E-state index contributed by atoms with van der Waals surface area (Å²) in [4.78, 5) is 0.980. The topological polar surface area (TPSA) is 38.0 Å². The van der Waals surface area contributed by atoms with Crippen molar-refractivity contribution in [3.63, 3.8) is 0 Å². The molecule has 0 fully saturated rings. The Bertz CT molecular complexity index is 453. The fourth-order valence-corrected chi connectivity index (χ4v) is 2.91. The molecular weight excluding hydrogens is 291 g/mol. The van der Waals surface area contributed by atoms with E-state index < -0.39 is 0 Å². The molecular formula is C11H10BrFN2S. The molecule has 0 bridgehead atoms. The Labute approximate surface area is 105 Å². The van der Waals surface area contributed by atoms with Crippen LogP contribution in [0.2, 0.25) is 0 Å². The van der Waals surface area contributed by atoms with Gasteiger partial charge in [-0.1, -0.05) is 28.1 Å². The van der Waals surface area contributed by atoms with Gasteiger partial charge in [-0.25, -0.2) is 9.82 Å². The maximum Gasteiger partial charge on any atom is 0.129 e. The molecule has 1 aromatic heterocycles. The van der Waals surface area contributed by atoms with E-state index in [0.717, 1.165) is 4.88 Å². The van der Waals surface area contributed by atoms with Crippen molar-refractivity contribution < 1.29 is 4.39 Å². The maximum absolute atomic E-state index is 13.8. The molecule has 2 rings (SSSR count). The first kappa shape index (κ1) is 11.7. The molecule has 1 heterocycles. The zero-order valence-corrected chi connectivity index (χ0v) is 10.7. The first-order valence-electron chi connectivity index (χ1n) is 4.67. The number of hydrogen-bond acceptors (Lipinski definition) is 3. The Kier molecular flexibility index (Phi) is 3.70. The average molecular weight is 301 g/mol. The van der Waals surface area contributed by atoms with E-state index in [1.165, 1.54) is 17.4 Å². The van der Waals surface area contributed by atoms with Crippen molar-refractivity contribution in [2.24, 2.45) is 5.84 Å². The Morgan fingerprint density at radius 1 is 1.31 bits per heavy atom. The monoisotopic (exact) mass is 300 g/mol. The summed E-state index contributed by atoms with van der Waals surface area (Å²) in [5.74, 6) is 5.23. The van der Waals surface area contributed by atoms with E-state index in [2.05, 4.69) is 21.4 Å². The van der Waals surface area contributed by atoms with Crippen LogP contribution >= 0.6 is 27.3 Å². The van der Waals surface area contributed by atoms with Gasteiger partial charge in [0, 0.05) is 14.9 Å². The predicted molar refractivity (Wildman–Crippen MR) is 67.6 cm³/mol. The normalized spacial score (nSPS) is 12.7. The number of hydrazine groups is 1. The van der Waals surface area contributed by atoms with Crippen LogP contribution < -0.4 is 11.3 Å². The zero-order chi connectivity index (χ0) is 11.5. The highest BCUT2D eigenvalue weighted by Crippen LogP contribution is 2.32. The summed E-state index contributed by atoms with van der Waals surface area (Å²) in [6.07, 6.45) is 0. The molecule has 2 nitrogen and oxygen atoms in total. The largest absolute Gasteiger partial charge is 0.271 e. The number of hydrogen-bond donors (Lipinski definition) is 2. The second kappa shape index (κ2) is 5.05. The Hall–Kier alpha value is -0.750. The van der Waals surface area contributed by atoms with Crippen LogP contribution in [0.1, 0.15) is 16.5 Å². The number of thiophene rings is 1. The fraction of sp³-hybridized carbons (Fsp3) is 0.0909. The smallest absolute Gasteiger partial charge is 0.129 e. The molecule has 0 spiro atoms. The third kappa shape index (κ3) is 2.17. The summed E-state index contributed by atoms with van der Waals surface area (Å²) in [5.41, 5.74) is 3.18. The van der Waals surface area contributed by atoms with Crippen molar-refractivity contribution in [3.05, 3.63) is 56.4 Å². The summed E-state index contributed by atoms with van der Waals surface area (Å²) < 4.78 is 14.5. The van der Waals surface area contributed by atoms with Crippen LogP contribution in [0.3, 0.4) is 0 Å². The first-order valence-corrected chi connectivity index (χ1v) is 6.34. The summed E-state index contributed by atoms with van der Waals surface area (Å²) in [7, 11) is 0. The molecule has 2 aromatic rings. The third-order valence-corrected chi connectivity index (χ3v) is 3.91. The van der Waals surface area contributed by atoms with Crippen LogP contribution in [0.15, 0.2) is 40.2 Å². The molecule has 84 valence electrons. The molecule has 16 heavy (non-hydrogen) atoms.